The number of methoxy groups -OCH3 is 1. The molecular formula is C8H13N3O. The minimum absolute atomic E-state index is 0.341. The first-order chi connectivity index (χ1) is 5.74. The lowest BCUT2D eigenvalue weighted by Gasteiger charge is -2.11. The van der Waals surface area contributed by atoms with Gasteiger partial charge in [0.25, 0.3) is 0 Å². The summed E-state index contributed by atoms with van der Waals surface area (Å²) in [6.45, 7) is 4.09. The van der Waals surface area contributed by atoms with Crippen LogP contribution in [-0.2, 0) is 0 Å². The molecule has 0 atom stereocenters. The second-order valence-corrected chi connectivity index (χ2v) is 2.74. The van der Waals surface area contributed by atoms with Crippen molar-refractivity contribution < 1.29 is 4.74 Å². The monoisotopic (exact) mass is 167 g/mol. The molecule has 0 spiro atoms. The van der Waals surface area contributed by atoms with Gasteiger partial charge >= 0.3 is 0 Å². The Labute approximate surface area is 72.0 Å². The molecule has 1 aromatic heterocycles. The molecule has 0 radical (unpaired) electrons. The molecule has 1 rings (SSSR count). The molecule has 0 amide bonds. The van der Waals surface area contributed by atoms with Gasteiger partial charge < -0.3 is 10.1 Å². The van der Waals surface area contributed by atoms with Crippen molar-refractivity contribution >= 4 is 5.82 Å². The fraction of sp³-hybridized carbons (Fsp3) is 0.500. The predicted octanol–water partition coefficient (Wildman–Crippen LogP) is 1.31. The lowest BCUT2D eigenvalue weighted by atomic mass is 10.4. The Kier molecular flexibility index (Phi) is 2.85. The molecule has 0 fully saturated rings. The molecule has 0 aliphatic carbocycles. The number of hydrogen-bond acceptors (Lipinski definition) is 4. The molecule has 0 saturated carbocycles. The largest absolute Gasteiger partial charge is 0.491 e. The summed E-state index contributed by atoms with van der Waals surface area (Å²) < 4.78 is 5.06. The van der Waals surface area contributed by atoms with Gasteiger partial charge in [0.2, 0.25) is 0 Å². The highest BCUT2D eigenvalue weighted by Crippen LogP contribution is 2.18. The molecule has 4 heteroatoms. The average molecular weight is 167 g/mol. The fourth-order valence-electron chi connectivity index (χ4n) is 0.848. The summed E-state index contributed by atoms with van der Waals surface area (Å²) in [4.78, 5) is 7.89. The molecule has 1 aromatic rings. The molecule has 0 aromatic carbocycles. The fourth-order valence-corrected chi connectivity index (χ4v) is 0.848. The summed E-state index contributed by atoms with van der Waals surface area (Å²) in [5, 5.41) is 3.15. The zero-order chi connectivity index (χ0) is 8.97. The van der Waals surface area contributed by atoms with Crippen LogP contribution in [-0.4, -0.2) is 23.1 Å². The standard InChI is InChI=1S/C8H13N3O/c1-6(2)11-8-7(12-3)4-9-5-10-8/h4-6H,1-3H3,(H,9,10,11). The number of hydrogen-bond donors (Lipinski definition) is 1. The lowest BCUT2D eigenvalue weighted by molar-refractivity contribution is 0.412. The van der Waals surface area contributed by atoms with Crippen LogP contribution < -0.4 is 10.1 Å². The number of rotatable bonds is 3. The normalized spacial score (nSPS) is 10.0. The minimum Gasteiger partial charge on any atom is -0.491 e. The Bertz CT molecular complexity index is 250. The highest BCUT2D eigenvalue weighted by Gasteiger charge is 2.03. The lowest BCUT2D eigenvalue weighted by Crippen LogP contribution is -2.12. The average Bonchev–Trinajstić information content (AvgIpc) is 2.04. The number of aromatic nitrogens is 2. The summed E-state index contributed by atoms with van der Waals surface area (Å²) in [5.41, 5.74) is 0. The van der Waals surface area contributed by atoms with E-state index in [4.69, 9.17) is 4.74 Å². The third kappa shape index (κ3) is 2.08. The Morgan fingerprint density at radius 3 is 2.83 bits per heavy atom. The van der Waals surface area contributed by atoms with Gasteiger partial charge in [-0.15, -0.1) is 0 Å². The van der Waals surface area contributed by atoms with E-state index in [2.05, 4.69) is 15.3 Å². The Balaban J connectivity index is 2.82. The van der Waals surface area contributed by atoms with Gasteiger partial charge in [0.15, 0.2) is 11.6 Å². The molecule has 1 N–H and O–H groups in total. The summed E-state index contributed by atoms with van der Waals surface area (Å²) in [6.07, 6.45) is 3.13. The van der Waals surface area contributed by atoms with Gasteiger partial charge in [-0.05, 0) is 13.8 Å². The van der Waals surface area contributed by atoms with Gasteiger partial charge in [0.05, 0.1) is 13.3 Å². The third-order valence-corrected chi connectivity index (χ3v) is 1.32. The second-order valence-electron chi connectivity index (χ2n) is 2.74. The van der Waals surface area contributed by atoms with E-state index in [1.165, 1.54) is 6.33 Å². The van der Waals surface area contributed by atoms with Gasteiger partial charge in [0, 0.05) is 6.04 Å². The molecule has 12 heavy (non-hydrogen) atoms. The van der Waals surface area contributed by atoms with E-state index in [0.29, 0.717) is 11.8 Å². The number of nitrogens with one attached hydrogen (secondary N) is 1. The first kappa shape index (κ1) is 8.77. The third-order valence-electron chi connectivity index (χ3n) is 1.32. The van der Waals surface area contributed by atoms with Crippen molar-refractivity contribution in [3.63, 3.8) is 0 Å². The second kappa shape index (κ2) is 3.90. The van der Waals surface area contributed by atoms with Gasteiger partial charge in [0.1, 0.15) is 6.33 Å². The smallest absolute Gasteiger partial charge is 0.179 e. The van der Waals surface area contributed by atoms with Crippen LogP contribution in [0.1, 0.15) is 13.8 Å². The van der Waals surface area contributed by atoms with Crippen LogP contribution in [0, 0.1) is 0 Å². The maximum absolute atomic E-state index is 5.06. The van der Waals surface area contributed by atoms with E-state index >= 15 is 0 Å². The van der Waals surface area contributed by atoms with Gasteiger partial charge in [-0.2, -0.15) is 0 Å². The SMILES string of the molecule is COc1cncnc1NC(C)C. The van der Waals surface area contributed by atoms with Crippen LogP contribution in [0.3, 0.4) is 0 Å². The molecule has 66 valence electrons. The van der Waals surface area contributed by atoms with Crippen LogP contribution in [0.4, 0.5) is 5.82 Å². The van der Waals surface area contributed by atoms with Crippen molar-refractivity contribution in [2.75, 3.05) is 12.4 Å². The maximum atomic E-state index is 5.06. The highest BCUT2D eigenvalue weighted by atomic mass is 16.5. The van der Waals surface area contributed by atoms with Crippen LogP contribution in [0.25, 0.3) is 0 Å². The Morgan fingerprint density at radius 2 is 2.25 bits per heavy atom. The zero-order valence-corrected chi connectivity index (χ0v) is 7.53. The van der Waals surface area contributed by atoms with E-state index < -0.39 is 0 Å². The van der Waals surface area contributed by atoms with Crippen LogP contribution in [0.2, 0.25) is 0 Å². The number of anilines is 1. The number of nitrogens with zero attached hydrogens (tertiary/aromatic N) is 2. The van der Waals surface area contributed by atoms with Crippen LogP contribution in [0.15, 0.2) is 12.5 Å². The van der Waals surface area contributed by atoms with Crippen molar-refractivity contribution in [1.29, 1.82) is 0 Å². The molecule has 1 heterocycles. The zero-order valence-electron chi connectivity index (χ0n) is 7.53. The van der Waals surface area contributed by atoms with E-state index in [9.17, 15) is 0 Å². The molecule has 0 bridgehead atoms. The van der Waals surface area contributed by atoms with E-state index in [1.54, 1.807) is 13.3 Å². The topological polar surface area (TPSA) is 47.0 Å². The van der Waals surface area contributed by atoms with Crippen molar-refractivity contribution in [2.24, 2.45) is 0 Å². The minimum atomic E-state index is 0.341. The van der Waals surface area contributed by atoms with Crippen LogP contribution in [0.5, 0.6) is 5.75 Å². The molecule has 4 nitrogen and oxygen atoms in total. The first-order valence-electron chi connectivity index (χ1n) is 3.84. The Hall–Kier alpha value is -1.32. The van der Waals surface area contributed by atoms with Crippen LogP contribution >= 0.6 is 0 Å². The van der Waals surface area contributed by atoms with Gasteiger partial charge in [-0.1, -0.05) is 0 Å². The summed E-state index contributed by atoms with van der Waals surface area (Å²) in [6, 6.07) is 0.341. The van der Waals surface area contributed by atoms with Gasteiger partial charge in [-0.3, -0.25) is 0 Å². The summed E-state index contributed by atoms with van der Waals surface area (Å²) in [5.74, 6) is 1.41. The number of ether oxygens (including phenoxy) is 1. The van der Waals surface area contributed by atoms with Crippen molar-refractivity contribution in [1.82, 2.24) is 9.97 Å². The van der Waals surface area contributed by atoms with Gasteiger partial charge in [-0.25, -0.2) is 9.97 Å². The van der Waals surface area contributed by atoms with Crippen molar-refractivity contribution in [3.8, 4) is 5.75 Å². The summed E-state index contributed by atoms with van der Waals surface area (Å²) >= 11 is 0. The maximum Gasteiger partial charge on any atom is 0.179 e. The molecule has 0 aliphatic rings. The van der Waals surface area contributed by atoms with Crippen molar-refractivity contribution in [3.05, 3.63) is 12.5 Å². The molecule has 0 saturated heterocycles. The first-order valence-corrected chi connectivity index (χ1v) is 3.84. The molecule has 0 unspecified atom stereocenters. The Morgan fingerprint density at radius 1 is 1.50 bits per heavy atom. The van der Waals surface area contributed by atoms with E-state index in [-0.39, 0.29) is 0 Å². The predicted molar refractivity (Wildman–Crippen MR) is 47.3 cm³/mol. The molecule has 0 aliphatic heterocycles. The quantitative estimate of drug-likeness (QED) is 0.737. The van der Waals surface area contributed by atoms with E-state index in [1.807, 2.05) is 13.8 Å². The summed E-state index contributed by atoms with van der Waals surface area (Å²) in [7, 11) is 1.60. The van der Waals surface area contributed by atoms with E-state index in [0.717, 1.165) is 5.82 Å². The van der Waals surface area contributed by atoms with Crippen molar-refractivity contribution in [2.45, 2.75) is 19.9 Å². The highest BCUT2D eigenvalue weighted by molar-refractivity contribution is 5.48. The molecular weight excluding hydrogens is 154 g/mol.